The summed E-state index contributed by atoms with van der Waals surface area (Å²) in [6.45, 7) is 3.19. The highest BCUT2D eigenvalue weighted by atomic mass is 19.4. The van der Waals surface area contributed by atoms with E-state index in [2.05, 4.69) is 5.32 Å². The molecule has 1 aromatic rings. The predicted octanol–water partition coefficient (Wildman–Crippen LogP) is 3.88. The van der Waals surface area contributed by atoms with E-state index < -0.39 is 30.3 Å². The Morgan fingerprint density at radius 3 is 2.28 bits per heavy atom. The van der Waals surface area contributed by atoms with E-state index in [9.17, 15) is 22.0 Å². The first-order chi connectivity index (χ1) is 8.26. The van der Waals surface area contributed by atoms with E-state index in [0.29, 0.717) is 0 Å². The molecule has 1 rings (SSSR count). The van der Waals surface area contributed by atoms with Gasteiger partial charge in [0.15, 0.2) is 11.6 Å². The summed E-state index contributed by atoms with van der Waals surface area (Å²) in [5.74, 6) is -2.32. The van der Waals surface area contributed by atoms with Crippen LogP contribution in [0.5, 0.6) is 0 Å². The van der Waals surface area contributed by atoms with Gasteiger partial charge in [0.05, 0.1) is 6.42 Å². The van der Waals surface area contributed by atoms with Gasteiger partial charge in [-0.05, 0) is 19.0 Å². The third kappa shape index (κ3) is 3.66. The molecule has 1 N–H and O–H groups in total. The van der Waals surface area contributed by atoms with E-state index in [1.165, 1.54) is 19.1 Å². The molecule has 0 bridgehead atoms. The molecule has 0 aromatic heterocycles. The van der Waals surface area contributed by atoms with E-state index in [0.717, 1.165) is 0 Å². The van der Waals surface area contributed by atoms with Crippen LogP contribution < -0.4 is 5.32 Å². The van der Waals surface area contributed by atoms with Crippen LogP contribution in [0, 0.1) is 18.6 Å². The van der Waals surface area contributed by atoms with Crippen molar-refractivity contribution in [3.8, 4) is 0 Å². The second-order valence-corrected chi connectivity index (χ2v) is 4.03. The van der Waals surface area contributed by atoms with Gasteiger partial charge in [-0.3, -0.25) is 0 Å². The van der Waals surface area contributed by atoms with Crippen molar-refractivity contribution in [3.63, 3.8) is 0 Å². The van der Waals surface area contributed by atoms with Gasteiger partial charge in [0.25, 0.3) is 0 Å². The lowest BCUT2D eigenvalue weighted by Crippen LogP contribution is -2.27. The van der Waals surface area contributed by atoms with E-state index in [1.54, 1.807) is 6.92 Å². The van der Waals surface area contributed by atoms with Crippen molar-refractivity contribution in [2.45, 2.75) is 32.5 Å². The number of benzene rings is 1. The highest BCUT2D eigenvalue weighted by Gasteiger charge is 2.33. The molecule has 0 spiro atoms. The summed E-state index contributed by atoms with van der Waals surface area (Å²) in [4.78, 5) is 0. The summed E-state index contributed by atoms with van der Waals surface area (Å²) in [6, 6.07) is 1.19. The number of alkyl halides is 3. The van der Waals surface area contributed by atoms with Crippen molar-refractivity contribution in [2.75, 3.05) is 6.54 Å². The van der Waals surface area contributed by atoms with Crippen LogP contribution in [-0.2, 0) is 0 Å². The molecule has 18 heavy (non-hydrogen) atoms. The van der Waals surface area contributed by atoms with Crippen molar-refractivity contribution in [1.29, 1.82) is 0 Å². The third-order valence-corrected chi connectivity index (χ3v) is 2.57. The fourth-order valence-corrected chi connectivity index (χ4v) is 1.70. The van der Waals surface area contributed by atoms with Gasteiger partial charge in [-0.25, -0.2) is 8.78 Å². The molecule has 0 amide bonds. The van der Waals surface area contributed by atoms with Crippen LogP contribution in [0.3, 0.4) is 0 Å². The quantitative estimate of drug-likeness (QED) is 0.816. The van der Waals surface area contributed by atoms with Gasteiger partial charge in [-0.1, -0.05) is 19.1 Å². The SMILES string of the molecule is CCNC(CC(F)(F)F)c1ccc(C)c(F)c1F. The largest absolute Gasteiger partial charge is 0.390 e. The van der Waals surface area contributed by atoms with Crippen LogP contribution in [-0.4, -0.2) is 12.7 Å². The molecule has 0 aliphatic heterocycles. The Hall–Kier alpha value is -1.17. The maximum absolute atomic E-state index is 13.6. The molecular weight excluding hydrogens is 253 g/mol. The second kappa shape index (κ2) is 5.65. The van der Waals surface area contributed by atoms with Crippen molar-refractivity contribution < 1.29 is 22.0 Å². The number of aryl methyl sites for hydroxylation is 1. The molecule has 0 aliphatic rings. The zero-order valence-corrected chi connectivity index (χ0v) is 10.0. The van der Waals surface area contributed by atoms with E-state index in [-0.39, 0.29) is 17.7 Å². The normalized spacial score (nSPS) is 13.7. The Morgan fingerprint density at radius 1 is 1.17 bits per heavy atom. The summed E-state index contributed by atoms with van der Waals surface area (Å²) < 4.78 is 64.1. The summed E-state index contributed by atoms with van der Waals surface area (Å²) in [5.41, 5.74) is -0.226. The fourth-order valence-electron chi connectivity index (χ4n) is 1.70. The summed E-state index contributed by atoms with van der Waals surface area (Å²) in [6.07, 6.45) is -5.68. The molecule has 0 heterocycles. The van der Waals surface area contributed by atoms with Crippen molar-refractivity contribution in [1.82, 2.24) is 5.32 Å². The van der Waals surface area contributed by atoms with Crippen molar-refractivity contribution in [2.24, 2.45) is 0 Å². The number of halogens is 5. The molecule has 1 unspecified atom stereocenters. The molecular formula is C12H14F5N. The standard InChI is InChI=1S/C12H14F5N/c1-3-18-9(6-12(15,16)17)8-5-4-7(2)10(13)11(8)14/h4-5,9,18H,3,6H2,1-2H3. The fraction of sp³-hybridized carbons (Fsp3) is 0.500. The van der Waals surface area contributed by atoms with Gasteiger partial charge < -0.3 is 5.32 Å². The van der Waals surface area contributed by atoms with Gasteiger partial charge >= 0.3 is 6.18 Å². The number of rotatable bonds is 4. The molecule has 0 saturated carbocycles. The number of hydrogen-bond acceptors (Lipinski definition) is 1. The number of hydrogen-bond donors (Lipinski definition) is 1. The third-order valence-electron chi connectivity index (χ3n) is 2.57. The van der Waals surface area contributed by atoms with Crippen LogP contribution in [0.2, 0.25) is 0 Å². The average molecular weight is 267 g/mol. The van der Waals surface area contributed by atoms with E-state index in [4.69, 9.17) is 0 Å². The molecule has 0 radical (unpaired) electrons. The van der Waals surface area contributed by atoms with Crippen LogP contribution >= 0.6 is 0 Å². The lowest BCUT2D eigenvalue weighted by molar-refractivity contribution is -0.140. The van der Waals surface area contributed by atoms with Gasteiger partial charge in [-0.2, -0.15) is 13.2 Å². The number of nitrogens with one attached hydrogen (secondary N) is 1. The Kier molecular flexibility index (Phi) is 4.67. The van der Waals surface area contributed by atoms with E-state index >= 15 is 0 Å². The summed E-state index contributed by atoms with van der Waals surface area (Å²) >= 11 is 0. The summed E-state index contributed by atoms with van der Waals surface area (Å²) in [7, 11) is 0. The lowest BCUT2D eigenvalue weighted by Gasteiger charge is -2.21. The highest BCUT2D eigenvalue weighted by Crippen LogP contribution is 2.31. The minimum Gasteiger partial charge on any atom is -0.310 e. The Bertz CT molecular complexity index is 414. The second-order valence-electron chi connectivity index (χ2n) is 4.03. The molecule has 1 atom stereocenters. The first kappa shape index (κ1) is 14.9. The van der Waals surface area contributed by atoms with Gasteiger partial charge in [0.2, 0.25) is 0 Å². The maximum atomic E-state index is 13.6. The average Bonchev–Trinajstić information content (AvgIpc) is 2.24. The summed E-state index contributed by atoms with van der Waals surface area (Å²) in [5, 5.41) is 2.52. The van der Waals surface area contributed by atoms with Crippen molar-refractivity contribution in [3.05, 3.63) is 34.9 Å². The topological polar surface area (TPSA) is 12.0 Å². The molecule has 0 saturated heterocycles. The molecule has 1 aromatic carbocycles. The molecule has 0 fully saturated rings. The predicted molar refractivity (Wildman–Crippen MR) is 58.2 cm³/mol. The van der Waals surface area contributed by atoms with Gasteiger partial charge in [-0.15, -0.1) is 0 Å². The zero-order chi connectivity index (χ0) is 13.9. The van der Waals surface area contributed by atoms with E-state index in [1.807, 2.05) is 0 Å². The van der Waals surface area contributed by atoms with Crippen LogP contribution in [0.25, 0.3) is 0 Å². The van der Waals surface area contributed by atoms with Crippen molar-refractivity contribution >= 4 is 0 Å². The lowest BCUT2D eigenvalue weighted by atomic mass is 10.0. The minimum atomic E-state index is -4.44. The monoisotopic (exact) mass is 267 g/mol. The minimum absolute atomic E-state index is 0.0681. The first-order valence-electron chi connectivity index (χ1n) is 5.51. The van der Waals surface area contributed by atoms with Crippen LogP contribution in [0.15, 0.2) is 12.1 Å². The van der Waals surface area contributed by atoms with Crippen LogP contribution in [0.1, 0.15) is 30.5 Å². The molecule has 102 valence electrons. The Labute approximate surface area is 102 Å². The van der Waals surface area contributed by atoms with Gasteiger partial charge in [0, 0.05) is 11.6 Å². The molecule has 0 aliphatic carbocycles. The van der Waals surface area contributed by atoms with Crippen LogP contribution in [0.4, 0.5) is 22.0 Å². The molecule has 1 nitrogen and oxygen atoms in total. The first-order valence-corrected chi connectivity index (χ1v) is 5.51. The Balaban J connectivity index is 3.10. The highest BCUT2D eigenvalue weighted by molar-refractivity contribution is 5.28. The zero-order valence-electron chi connectivity index (χ0n) is 10.0. The molecule has 6 heteroatoms. The van der Waals surface area contributed by atoms with Gasteiger partial charge in [0.1, 0.15) is 0 Å². The Morgan fingerprint density at radius 2 is 1.78 bits per heavy atom. The maximum Gasteiger partial charge on any atom is 0.390 e. The smallest absolute Gasteiger partial charge is 0.310 e.